The summed E-state index contributed by atoms with van der Waals surface area (Å²) in [5.74, 6) is 1.49. The molecule has 0 atom stereocenters. The summed E-state index contributed by atoms with van der Waals surface area (Å²) < 4.78 is 27.5. The molecule has 0 spiro atoms. The normalized spacial score (nSPS) is 11.9. The number of ketones is 1. The average molecular weight is 459 g/mol. The zero-order chi connectivity index (χ0) is 23.5. The number of para-hydroxylation sites is 1. The number of ether oxygens (including phenoxy) is 4. The molecule has 1 aliphatic rings. The predicted molar refractivity (Wildman–Crippen MR) is 124 cm³/mol. The Bertz CT molecular complexity index is 1360. The SMILES string of the molecule is CCOc1ccc(OCC(=O)Nc2c(C(=O)c3ccc4c(c3)OCO4)oc3ccccc23)cc1. The molecule has 0 fully saturated rings. The molecule has 0 saturated heterocycles. The van der Waals surface area contributed by atoms with Crippen molar-refractivity contribution >= 4 is 28.3 Å². The van der Waals surface area contributed by atoms with Crippen LogP contribution in [0.1, 0.15) is 23.0 Å². The highest BCUT2D eigenvalue weighted by Gasteiger charge is 2.25. The first-order chi connectivity index (χ1) is 16.6. The molecular formula is C26H21NO7. The summed E-state index contributed by atoms with van der Waals surface area (Å²) in [5, 5.41) is 3.39. The van der Waals surface area contributed by atoms with Gasteiger partial charge in [0.15, 0.2) is 23.9 Å². The number of rotatable bonds is 8. The number of hydrogen-bond acceptors (Lipinski definition) is 7. The first-order valence-corrected chi connectivity index (χ1v) is 10.7. The van der Waals surface area contributed by atoms with Crippen LogP contribution in [0.2, 0.25) is 0 Å². The highest BCUT2D eigenvalue weighted by atomic mass is 16.7. The van der Waals surface area contributed by atoms with Crippen LogP contribution in [0.4, 0.5) is 5.69 Å². The van der Waals surface area contributed by atoms with Crippen molar-refractivity contribution in [2.24, 2.45) is 0 Å². The van der Waals surface area contributed by atoms with Crippen LogP contribution in [0.5, 0.6) is 23.0 Å². The fourth-order valence-electron chi connectivity index (χ4n) is 3.62. The molecule has 1 N–H and O–H groups in total. The van der Waals surface area contributed by atoms with E-state index in [9.17, 15) is 9.59 Å². The zero-order valence-corrected chi connectivity index (χ0v) is 18.3. The lowest BCUT2D eigenvalue weighted by atomic mass is 10.1. The van der Waals surface area contributed by atoms with Crippen LogP contribution in [-0.4, -0.2) is 31.7 Å². The van der Waals surface area contributed by atoms with Gasteiger partial charge in [0, 0.05) is 10.9 Å². The zero-order valence-electron chi connectivity index (χ0n) is 18.3. The molecule has 1 aliphatic heterocycles. The number of carbonyl (C=O) groups is 2. The first kappa shape index (κ1) is 21.4. The van der Waals surface area contributed by atoms with E-state index in [1.165, 1.54) is 0 Å². The van der Waals surface area contributed by atoms with Gasteiger partial charge in [-0.3, -0.25) is 9.59 Å². The van der Waals surface area contributed by atoms with Crippen molar-refractivity contribution in [3.8, 4) is 23.0 Å². The van der Waals surface area contributed by atoms with E-state index in [4.69, 9.17) is 23.4 Å². The van der Waals surface area contributed by atoms with Crippen LogP contribution in [0.25, 0.3) is 11.0 Å². The minimum atomic E-state index is -0.430. The monoisotopic (exact) mass is 459 g/mol. The van der Waals surface area contributed by atoms with Gasteiger partial charge in [0.2, 0.25) is 12.6 Å². The van der Waals surface area contributed by atoms with Crippen LogP contribution in [0.3, 0.4) is 0 Å². The summed E-state index contributed by atoms with van der Waals surface area (Å²) in [6, 6.07) is 19.0. The number of nitrogens with one attached hydrogen (secondary N) is 1. The minimum Gasteiger partial charge on any atom is -0.494 e. The number of fused-ring (bicyclic) bond motifs is 2. The number of anilines is 1. The summed E-state index contributed by atoms with van der Waals surface area (Å²) in [4.78, 5) is 26.0. The maximum Gasteiger partial charge on any atom is 0.262 e. The van der Waals surface area contributed by atoms with E-state index in [2.05, 4.69) is 5.32 Å². The summed E-state index contributed by atoms with van der Waals surface area (Å²) >= 11 is 0. The lowest BCUT2D eigenvalue weighted by Crippen LogP contribution is -2.21. The van der Waals surface area contributed by atoms with Crippen molar-refractivity contribution in [2.45, 2.75) is 6.92 Å². The maximum atomic E-state index is 13.3. The standard InChI is InChI=1S/C26H21NO7/c1-2-30-17-8-10-18(11-9-17)31-14-23(28)27-24-19-5-3-4-6-20(19)34-26(24)25(29)16-7-12-21-22(13-16)33-15-32-21/h3-13H,2,14-15H2,1H3,(H,27,28). The Morgan fingerprint density at radius 1 is 0.912 bits per heavy atom. The van der Waals surface area contributed by atoms with Crippen molar-refractivity contribution in [2.75, 3.05) is 25.3 Å². The maximum absolute atomic E-state index is 13.3. The van der Waals surface area contributed by atoms with Crippen LogP contribution in [0, 0.1) is 0 Å². The molecule has 2 heterocycles. The van der Waals surface area contributed by atoms with Crippen LogP contribution < -0.4 is 24.3 Å². The Labute approximate surface area is 195 Å². The largest absolute Gasteiger partial charge is 0.494 e. The second-order valence-electron chi connectivity index (χ2n) is 7.44. The Hall–Kier alpha value is -4.46. The second-order valence-corrected chi connectivity index (χ2v) is 7.44. The number of furan rings is 1. The third-order valence-electron chi connectivity index (χ3n) is 5.21. The number of carbonyl (C=O) groups excluding carboxylic acids is 2. The van der Waals surface area contributed by atoms with Crippen molar-refractivity contribution in [1.82, 2.24) is 0 Å². The quantitative estimate of drug-likeness (QED) is 0.378. The predicted octanol–water partition coefficient (Wildman–Crippen LogP) is 4.81. The van der Waals surface area contributed by atoms with Gasteiger partial charge in [0.1, 0.15) is 17.1 Å². The summed E-state index contributed by atoms with van der Waals surface area (Å²) in [7, 11) is 0. The van der Waals surface area contributed by atoms with Crippen LogP contribution in [-0.2, 0) is 4.79 Å². The molecule has 8 heteroatoms. The Kier molecular flexibility index (Phi) is 5.78. The fourth-order valence-corrected chi connectivity index (χ4v) is 3.62. The molecule has 4 aromatic rings. The topological polar surface area (TPSA) is 96.2 Å². The van der Waals surface area contributed by atoms with Gasteiger partial charge in [-0.25, -0.2) is 0 Å². The molecule has 0 aliphatic carbocycles. The van der Waals surface area contributed by atoms with Crippen LogP contribution in [0.15, 0.2) is 71.1 Å². The molecule has 0 bridgehead atoms. The lowest BCUT2D eigenvalue weighted by molar-refractivity contribution is -0.118. The number of hydrogen-bond donors (Lipinski definition) is 1. The van der Waals surface area contributed by atoms with Gasteiger partial charge in [-0.2, -0.15) is 0 Å². The Balaban J connectivity index is 1.36. The summed E-state index contributed by atoms with van der Waals surface area (Å²) in [5.41, 5.74) is 1.12. The first-order valence-electron chi connectivity index (χ1n) is 10.7. The average Bonchev–Trinajstić information content (AvgIpc) is 3.48. The van der Waals surface area contributed by atoms with E-state index in [0.29, 0.717) is 46.1 Å². The van der Waals surface area contributed by atoms with E-state index in [0.717, 1.165) is 5.75 Å². The van der Waals surface area contributed by atoms with Crippen molar-refractivity contribution in [3.05, 3.63) is 78.1 Å². The van der Waals surface area contributed by atoms with Gasteiger partial charge in [-0.05, 0) is 61.5 Å². The number of amides is 1. The van der Waals surface area contributed by atoms with E-state index >= 15 is 0 Å². The third-order valence-corrected chi connectivity index (χ3v) is 5.21. The molecule has 3 aromatic carbocycles. The highest BCUT2D eigenvalue weighted by Crippen LogP contribution is 2.36. The van der Waals surface area contributed by atoms with Gasteiger partial charge in [0.05, 0.1) is 12.3 Å². The second kappa shape index (κ2) is 9.19. The fraction of sp³-hybridized carbons (Fsp3) is 0.154. The lowest BCUT2D eigenvalue weighted by Gasteiger charge is -2.09. The molecule has 34 heavy (non-hydrogen) atoms. The molecule has 0 unspecified atom stereocenters. The summed E-state index contributed by atoms with van der Waals surface area (Å²) in [6.07, 6.45) is 0. The van der Waals surface area contributed by atoms with E-state index in [-0.39, 0.29) is 19.2 Å². The Morgan fingerprint density at radius 2 is 1.65 bits per heavy atom. The minimum absolute atomic E-state index is 0.0227. The molecule has 0 radical (unpaired) electrons. The van der Waals surface area contributed by atoms with Crippen molar-refractivity contribution < 1.29 is 33.0 Å². The smallest absolute Gasteiger partial charge is 0.262 e. The molecular weight excluding hydrogens is 438 g/mol. The molecule has 8 nitrogen and oxygen atoms in total. The van der Waals surface area contributed by atoms with Gasteiger partial charge in [-0.15, -0.1) is 0 Å². The molecule has 172 valence electrons. The van der Waals surface area contributed by atoms with E-state index in [1.807, 2.05) is 6.92 Å². The van der Waals surface area contributed by atoms with Gasteiger partial charge >= 0.3 is 0 Å². The number of benzene rings is 3. The molecule has 1 aromatic heterocycles. The van der Waals surface area contributed by atoms with E-state index < -0.39 is 11.7 Å². The van der Waals surface area contributed by atoms with Gasteiger partial charge in [0.25, 0.3) is 5.91 Å². The Morgan fingerprint density at radius 3 is 2.44 bits per heavy atom. The van der Waals surface area contributed by atoms with Crippen molar-refractivity contribution in [1.29, 1.82) is 0 Å². The molecule has 5 rings (SSSR count). The van der Waals surface area contributed by atoms with E-state index in [1.54, 1.807) is 66.7 Å². The highest BCUT2D eigenvalue weighted by molar-refractivity contribution is 6.17. The van der Waals surface area contributed by atoms with Crippen molar-refractivity contribution in [3.63, 3.8) is 0 Å². The third kappa shape index (κ3) is 4.25. The molecule has 0 saturated carbocycles. The molecule has 1 amide bonds. The van der Waals surface area contributed by atoms with Gasteiger partial charge in [-0.1, -0.05) is 12.1 Å². The van der Waals surface area contributed by atoms with Gasteiger partial charge < -0.3 is 28.7 Å². The summed E-state index contributed by atoms with van der Waals surface area (Å²) in [6.45, 7) is 2.33. The van der Waals surface area contributed by atoms with Crippen LogP contribution >= 0.6 is 0 Å².